The summed E-state index contributed by atoms with van der Waals surface area (Å²) in [6.45, 7) is 4.76. The first-order valence-corrected chi connectivity index (χ1v) is 5.50. The van der Waals surface area contributed by atoms with Crippen molar-refractivity contribution in [1.29, 1.82) is 0 Å². The number of aryl methyl sites for hydroxylation is 1. The number of carbonyl (C=O) groups is 1. The van der Waals surface area contributed by atoms with E-state index in [1.165, 1.54) is 5.56 Å². The standard InChI is InChI=1S/C13H18N2O/c1-3-8-14-13(16)15-9-7-12-6-4-5-11(2)10-12/h4-7,9-10H,3,8H2,1-2H3,(H2,14,15,16)/b9-7+. The average molecular weight is 218 g/mol. The molecule has 0 spiro atoms. The van der Waals surface area contributed by atoms with Gasteiger partial charge >= 0.3 is 6.03 Å². The molecule has 0 atom stereocenters. The van der Waals surface area contributed by atoms with E-state index >= 15 is 0 Å². The van der Waals surface area contributed by atoms with Crippen molar-refractivity contribution in [2.45, 2.75) is 20.3 Å². The van der Waals surface area contributed by atoms with Gasteiger partial charge in [-0.2, -0.15) is 0 Å². The second kappa shape index (κ2) is 6.67. The Labute approximate surface area is 96.6 Å². The first kappa shape index (κ1) is 12.3. The molecule has 1 aromatic carbocycles. The fourth-order valence-electron chi connectivity index (χ4n) is 1.28. The number of hydrogen-bond acceptors (Lipinski definition) is 1. The summed E-state index contributed by atoms with van der Waals surface area (Å²) >= 11 is 0. The Hall–Kier alpha value is -1.77. The van der Waals surface area contributed by atoms with Crippen molar-refractivity contribution in [1.82, 2.24) is 10.6 Å². The van der Waals surface area contributed by atoms with Crippen molar-refractivity contribution in [2.24, 2.45) is 0 Å². The maximum absolute atomic E-state index is 11.2. The average Bonchev–Trinajstić information content (AvgIpc) is 2.26. The van der Waals surface area contributed by atoms with Gasteiger partial charge in [0.25, 0.3) is 0 Å². The first-order valence-electron chi connectivity index (χ1n) is 5.50. The third-order valence-electron chi connectivity index (χ3n) is 2.07. The van der Waals surface area contributed by atoms with Crippen LogP contribution < -0.4 is 10.6 Å². The van der Waals surface area contributed by atoms with Crippen LogP contribution >= 0.6 is 0 Å². The highest BCUT2D eigenvalue weighted by molar-refractivity contribution is 5.75. The van der Waals surface area contributed by atoms with Crippen molar-refractivity contribution in [2.75, 3.05) is 6.54 Å². The van der Waals surface area contributed by atoms with Crippen LogP contribution in [0, 0.1) is 6.92 Å². The molecular formula is C13H18N2O. The number of rotatable bonds is 4. The van der Waals surface area contributed by atoms with Crippen LogP contribution in [-0.2, 0) is 0 Å². The fourth-order valence-corrected chi connectivity index (χ4v) is 1.28. The monoisotopic (exact) mass is 218 g/mol. The molecule has 3 nitrogen and oxygen atoms in total. The maximum Gasteiger partial charge on any atom is 0.318 e. The maximum atomic E-state index is 11.2. The van der Waals surface area contributed by atoms with Crippen LogP contribution in [0.1, 0.15) is 24.5 Å². The fraction of sp³-hybridized carbons (Fsp3) is 0.308. The molecule has 0 aliphatic carbocycles. The summed E-state index contributed by atoms with van der Waals surface area (Å²) in [6, 6.07) is 7.92. The van der Waals surface area contributed by atoms with Crippen LogP contribution in [0.2, 0.25) is 0 Å². The Morgan fingerprint density at radius 1 is 1.44 bits per heavy atom. The summed E-state index contributed by atoms with van der Waals surface area (Å²) in [6.07, 6.45) is 4.47. The Kier molecular flexibility index (Phi) is 5.12. The number of amides is 2. The van der Waals surface area contributed by atoms with Gasteiger partial charge in [0.2, 0.25) is 0 Å². The molecule has 0 aliphatic rings. The van der Waals surface area contributed by atoms with Crippen LogP contribution in [0.5, 0.6) is 0 Å². The lowest BCUT2D eigenvalue weighted by Crippen LogP contribution is -2.32. The largest absolute Gasteiger partial charge is 0.338 e. The van der Waals surface area contributed by atoms with Crippen LogP contribution in [0.3, 0.4) is 0 Å². The normalized spacial score (nSPS) is 10.4. The summed E-state index contributed by atoms with van der Waals surface area (Å²) in [5.74, 6) is 0. The van der Waals surface area contributed by atoms with Crippen molar-refractivity contribution >= 4 is 12.1 Å². The summed E-state index contributed by atoms with van der Waals surface area (Å²) in [5.41, 5.74) is 2.29. The van der Waals surface area contributed by atoms with E-state index in [1.54, 1.807) is 6.20 Å². The van der Waals surface area contributed by atoms with Gasteiger partial charge in [0.1, 0.15) is 0 Å². The van der Waals surface area contributed by atoms with E-state index in [0.717, 1.165) is 12.0 Å². The molecular weight excluding hydrogens is 200 g/mol. The van der Waals surface area contributed by atoms with Gasteiger partial charge < -0.3 is 10.6 Å². The van der Waals surface area contributed by atoms with Gasteiger partial charge in [0.05, 0.1) is 0 Å². The first-order chi connectivity index (χ1) is 7.72. The molecule has 0 saturated carbocycles. The van der Waals surface area contributed by atoms with Crippen LogP contribution in [-0.4, -0.2) is 12.6 Å². The molecule has 0 fully saturated rings. The van der Waals surface area contributed by atoms with Crippen molar-refractivity contribution in [3.63, 3.8) is 0 Å². The predicted octanol–water partition coefficient (Wildman–Crippen LogP) is 2.67. The molecule has 0 aliphatic heterocycles. The minimum absolute atomic E-state index is 0.161. The van der Waals surface area contributed by atoms with Crippen LogP contribution in [0.25, 0.3) is 6.08 Å². The SMILES string of the molecule is CCCNC(=O)N/C=C/c1cccc(C)c1. The highest BCUT2D eigenvalue weighted by Crippen LogP contribution is 2.04. The second-order valence-electron chi connectivity index (χ2n) is 3.65. The van der Waals surface area contributed by atoms with Gasteiger partial charge in [-0.25, -0.2) is 4.79 Å². The van der Waals surface area contributed by atoms with Crippen molar-refractivity contribution in [3.05, 3.63) is 41.6 Å². The minimum atomic E-state index is -0.161. The van der Waals surface area contributed by atoms with E-state index in [0.29, 0.717) is 6.54 Å². The Balaban J connectivity index is 2.40. The van der Waals surface area contributed by atoms with Gasteiger partial charge in [-0.3, -0.25) is 0 Å². The lowest BCUT2D eigenvalue weighted by Gasteiger charge is -2.01. The summed E-state index contributed by atoms with van der Waals surface area (Å²) in [4.78, 5) is 11.2. The quantitative estimate of drug-likeness (QED) is 0.801. The van der Waals surface area contributed by atoms with E-state index in [-0.39, 0.29) is 6.03 Å². The Morgan fingerprint density at radius 3 is 2.94 bits per heavy atom. The van der Waals surface area contributed by atoms with Crippen molar-refractivity contribution < 1.29 is 4.79 Å². The topological polar surface area (TPSA) is 41.1 Å². The highest BCUT2D eigenvalue weighted by atomic mass is 16.2. The van der Waals surface area contributed by atoms with Crippen LogP contribution in [0.15, 0.2) is 30.5 Å². The van der Waals surface area contributed by atoms with Gasteiger partial charge in [0.15, 0.2) is 0 Å². The second-order valence-corrected chi connectivity index (χ2v) is 3.65. The molecule has 0 unspecified atom stereocenters. The lowest BCUT2D eigenvalue weighted by molar-refractivity contribution is 0.244. The van der Waals surface area contributed by atoms with E-state index in [2.05, 4.69) is 16.7 Å². The molecule has 86 valence electrons. The molecule has 2 N–H and O–H groups in total. The number of urea groups is 1. The lowest BCUT2D eigenvalue weighted by atomic mass is 10.1. The molecule has 1 rings (SSSR count). The Bertz CT molecular complexity index is 372. The number of hydrogen-bond donors (Lipinski definition) is 2. The Morgan fingerprint density at radius 2 is 2.25 bits per heavy atom. The molecule has 0 aromatic heterocycles. The van der Waals surface area contributed by atoms with E-state index in [1.807, 2.05) is 38.1 Å². The summed E-state index contributed by atoms with van der Waals surface area (Å²) in [7, 11) is 0. The molecule has 0 heterocycles. The van der Waals surface area contributed by atoms with E-state index < -0.39 is 0 Å². The molecule has 3 heteroatoms. The molecule has 0 bridgehead atoms. The number of carbonyl (C=O) groups excluding carboxylic acids is 1. The van der Waals surface area contributed by atoms with Crippen molar-refractivity contribution in [3.8, 4) is 0 Å². The third kappa shape index (κ3) is 4.64. The summed E-state index contributed by atoms with van der Waals surface area (Å²) < 4.78 is 0. The zero-order chi connectivity index (χ0) is 11.8. The van der Waals surface area contributed by atoms with Gasteiger partial charge in [-0.1, -0.05) is 36.8 Å². The predicted molar refractivity (Wildman–Crippen MR) is 67.0 cm³/mol. The third-order valence-corrected chi connectivity index (χ3v) is 2.07. The van der Waals surface area contributed by atoms with E-state index in [9.17, 15) is 4.79 Å². The van der Waals surface area contributed by atoms with Gasteiger partial charge in [0, 0.05) is 12.7 Å². The highest BCUT2D eigenvalue weighted by Gasteiger charge is 1.93. The summed E-state index contributed by atoms with van der Waals surface area (Å²) in [5, 5.41) is 5.38. The zero-order valence-electron chi connectivity index (χ0n) is 9.79. The van der Waals surface area contributed by atoms with E-state index in [4.69, 9.17) is 0 Å². The minimum Gasteiger partial charge on any atom is -0.338 e. The molecule has 16 heavy (non-hydrogen) atoms. The molecule has 0 radical (unpaired) electrons. The zero-order valence-corrected chi connectivity index (χ0v) is 9.79. The number of benzene rings is 1. The molecule has 2 amide bonds. The van der Waals surface area contributed by atoms with Gasteiger partial charge in [-0.05, 0) is 25.0 Å². The van der Waals surface area contributed by atoms with Gasteiger partial charge in [-0.15, -0.1) is 0 Å². The molecule has 0 saturated heterocycles. The number of nitrogens with one attached hydrogen (secondary N) is 2. The van der Waals surface area contributed by atoms with Crippen LogP contribution in [0.4, 0.5) is 4.79 Å². The smallest absolute Gasteiger partial charge is 0.318 e. The molecule has 1 aromatic rings.